The Labute approximate surface area is 319 Å². The number of thioether (sulfide) groups is 2. The van der Waals surface area contributed by atoms with E-state index in [-0.39, 0.29) is 23.2 Å². The SMILES string of the molecule is CCCCCCCCCCCCSC(=S)SC(CC(C)(C)C(=O)Cl)C(=O)Nc1c(I)c(C(=O)Cl)c(I)c(C(=O)Cl)c1I. The zero-order chi connectivity index (χ0) is 32.0. The topological polar surface area (TPSA) is 80.3 Å². The van der Waals surface area contributed by atoms with Crippen LogP contribution >= 0.6 is 138 Å². The van der Waals surface area contributed by atoms with E-state index in [4.69, 9.17) is 47.0 Å². The number of hydrogen-bond acceptors (Lipinski definition) is 7. The van der Waals surface area contributed by atoms with Gasteiger partial charge in [-0.1, -0.05) is 103 Å². The first-order valence-electron chi connectivity index (χ1n) is 13.6. The van der Waals surface area contributed by atoms with Crippen molar-refractivity contribution in [3.05, 3.63) is 21.8 Å². The van der Waals surface area contributed by atoms with Crippen LogP contribution in [0, 0.1) is 16.1 Å². The number of anilines is 1. The molecule has 1 unspecified atom stereocenters. The third kappa shape index (κ3) is 14.1. The summed E-state index contributed by atoms with van der Waals surface area (Å²) < 4.78 is 1.67. The van der Waals surface area contributed by atoms with E-state index >= 15 is 0 Å². The molecular weight excluding hydrogens is 998 g/mol. The van der Waals surface area contributed by atoms with Crippen molar-refractivity contribution in [2.24, 2.45) is 5.41 Å². The lowest BCUT2D eigenvalue weighted by atomic mass is 9.89. The molecule has 1 rings (SSSR count). The number of halogens is 6. The van der Waals surface area contributed by atoms with Crippen molar-refractivity contribution >= 4 is 169 Å². The van der Waals surface area contributed by atoms with E-state index in [2.05, 4.69) is 12.2 Å². The number of hydrogen-bond donors (Lipinski definition) is 1. The summed E-state index contributed by atoms with van der Waals surface area (Å²) in [6.07, 6.45) is 12.6. The van der Waals surface area contributed by atoms with Crippen molar-refractivity contribution in [1.82, 2.24) is 0 Å². The number of benzene rings is 1. The number of nitrogens with one attached hydrogen (secondary N) is 1. The molecule has 1 amide bonds. The highest BCUT2D eigenvalue weighted by Gasteiger charge is 2.35. The fraction of sp³-hybridized carbons (Fsp3) is 0.607. The van der Waals surface area contributed by atoms with Gasteiger partial charge >= 0.3 is 0 Å². The highest BCUT2D eigenvalue weighted by molar-refractivity contribution is 14.1. The zero-order valence-corrected chi connectivity index (χ0v) is 34.9. The highest BCUT2D eigenvalue weighted by atomic mass is 127. The molecular formula is C28H35Cl3I3NO4S3. The van der Waals surface area contributed by atoms with Gasteiger partial charge in [0.1, 0.15) is 3.53 Å². The average Bonchev–Trinajstić information content (AvgIpc) is 2.88. The lowest BCUT2D eigenvalue weighted by Gasteiger charge is -2.26. The first-order chi connectivity index (χ1) is 19.6. The van der Waals surface area contributed by atoms with E-state index in [0.717, 1.165) is 18.6 Å². The molecule has 0 aliphatic carbocycles. The Balaban J connectivity index is 2.94. The summed E-state index contributed by atoms with van der Waals surface area (Å²) in [6.45, 7) is 5.58. The van der Waals surface area contributed by atoms with Crippen LogP contribution in [0.25, 0.3) is 0 Å². The van der Waals surface area contributed by atoms with Gasteiger partial charge in [-0.25, -0.2) is 0 Å². The first-order valence-corrected chi connectivity index (χ1v) is 20.2. The van der Waals surface area contributed by atoms with Gasteiger partial charge in [0.2, 0.25) is 11.1 Å². The van der Waals surface area contributed by atoms with Crippen molar-refractivity contribution in [3.8, 4) is 0 Å². The number of amides is 1. The van der Waals surface area contributed by atoms with Gasteiger partial charge in [-0.2, -0.15) is 0 Å². The molecule has 0 aromatic heterocycles. The lowest BCUT2D eigenvalue weighted by Crippen LogP contribution is -2.34. The highest BCUT2D eigenvalue weighted by Crippen LogP contribution is 2.39. The maximum absolute atomic E-state index is 13.7. The Kier molecular flexibility index (Phi) is 21.2. The molecule has 0 saturated carbocycles. The second-order valence-electron chi connectivity index (χ2n) is 10.4. The largest absolute Gasteiger partial charge is 0.323 e. The van der Waals surface area contributed by atoms with Crippen LogP contribution < -0.4 is 5.32 Å². The van der Waals surface area contributed by atoms with Crippen molar-refractivity contribution in [2.45, 2.75) is 96.7 Å². The van der Waals surface area contributed by atoms with Crippen LogP contribution in [0.5, 0.6) is 0 Å². The van der Waals surface area contributed by atoms with E-state index in [1.807, 2.05) is 67.8 Å². The molecule has 0 spiro atoms. The Bertz CT molecular complexity index is 1110. The maximum Gasteiger partial charge on any atom is 0.254 e. The van der Waals surface area contributed by atoms with Gasteiger partial charge in [-0.3, -0.25) is 19.2 Å². The van der Waals surface area contributed by atoms with Crippen molar-refractivity contribution in [2.75, 3.05) is 11.1 Å². The van der Waals surface area contributed by atoms with E-state index in [1.165, 1.54) is 74.9 Å². The molecule has 236 valence electrons. The molecule has 1 atom stereocenters. The Morgan fingerprint density at radius 1 is 0.810 bits per heavy atom. The molecule has 0 fully saturated rings. The summed E-state index contributed by atoms with van der Waals surface area (Å²) >= 11 is 31.6. The summed E-state index contributed by atoms with van der Waals surface area (Å²) in [5, 5.41) is -0.0246. The van der Waals surface area contributed by atoms with Gasteiger partial charge in [0, 0.05) is 8.99 Å². The van der Waals surface area contributed by atoms with E-state index in [9.17, 15) is 19.2 Å². The van der Waals surface area contributed by atoms with Crippen LogP contribution in [-0.4, -0.2) is 36.2 Å². The molecule has 42 heavy (non-hydrogen) atoms. The van der Waals surface area contributed by atoms with Crippen LogP contribution in [0.15, 0.2) is 0 Å². The molecule has 5 nitrogen and oxygen atoms in total. The van der Waals surface area contributed by atoms with Gasteiger partial charge < -0.3 is 5.32 Å². The number of unbranched alkanes of at least 4 members (excludes halogenated alkanes) is 9. The van der Waals surface area contributed by atoms with Gasteiger partial charge in [0.05, 0.1) is 29.2 Å². The fourth-order valence-electron chi connectivity index (χ4n) is 3.95. The Hall–Kier alpha value is 1.55. The van der Waals surface area contributed by atoms with Crippen molar-refractivity contribution in [3.63, 3.8) is 0 Å². The molecule has 0 radical (unpaired) electrons. The average molecular weight is 1030 g/mol. The number of carbonyl (C=O) groups is 4. The van der Waals surface area contributed by atoms with Gasteiger partial charge in [0.25, 0.3) is 10.5 Å². The fourth-order valence-corrected chi connectivity index (χ4v) is 12.3. The molecule has 0 aliphatic rings. The molecule has 0 heterocycles. The van der Waals surface area contributed by atoms with Crippen LogP contribution in [-0.2, 0) is 9.59 Å². The minimum absolute atomic E-state index is 0.0839. The van der Waals surface area contributed by atoms with Gasteiger partial charge in [-0.05, 0) is 121 Å². The third-order valence-corrected chi connectivity index (χ3v) is 13.4. The summed E-state index contributed by atoms with van der Waals surface area (Å²) in [7, 11) is 0. The Morgan fingerprint density at radius 2 is 1.26 bits per heavy atom. The summed E-state index contributed by atoms with van der Waals surface area (Å²) in [6, 6.07) is 0. The number of thiocarbonyl (C=S) groups is 1. The molecule has 1 aromatic carbocycles. The third-order valence-electron chi connectivity index (χ3n) is 6.43. The second-order valence-corrected chi connectivity index (χ2v) is 18.1. The van der Waals surface area contributed by atoms with Crippen molar-refractivity contribution in [1.29, 1.82) is 0 Å². The maximum atomic E-state index is 13.7. The quantitative estimate of drug-likeness (QED) is 0.0640. The standard InChI is InChI=1S/C28H35Cl3I3NO4S3/c1-4-5-6-7-8-9-10-11-12-13-14-41-27(40)42-16(15-28(2,3)26(31)39)25(38)35-22-20(33)17(23(29)36)19(32)18(21(22)34)24(30)37/h16H,4-15H2,1-3H3,(H,35,38). The number of carbonyl (C=O) groups excluding carboxylic acids is 4. The smallest absolute Gasteiger partial charge is 0.254 e. The predicted molar refractivity (Wildman–Crippen MR) is 211 cm³/mol. The van der Waals surface area contributed by atoms with E-state index < -0.39 is 32.3 Å². The summed E-state index contributed by atoms with van der Waals surface area (Å²) in [4.78, 5) is 50.2. The number of rotatable bonds is 19. The van der Waals surface area contributed by atoms with E-state index in [1.54, 1.807) is 13.8 Å². The monoisotopic (exact) mass is 1030 g/mol. The van der Waals surface area contributed by atoms with E-state index in [0.29, 0.717) is 14.2 Å². The van der Waals surface area contributed by atoms with Crippen molar-refractivity contribution < 1.29 is 19.2 Å². The predicted octanol–water partition coefficient (Wildman–Crippen LogP) is 11.4. The minimum atomic E-state index is -0.992. The molecule has 1 aromatic rings. The van der Waals surface area contributed by atoms with Crippen LogP contribution in [0.3, 0.4) is 0 Å². The first kappa shape index (κ1) is 41.6. The summed E-state index contributed by atoms with van der Waals surface area (Å²) in [5.74, 6) is 0.412. The van der Waals surface area contributed by atoms with Gasteiger partial charge in [-0.15, -0.1) is 11.8 Å². The molecule has 0 aliphatic heterocycles. The van der Waals surface area contributed by atoms with Crippen LogP contribution in [0.1, 0.15) is 112 Å². The minimum Gasteiger partial charge on any atom is -0.323 e. The Morgan fingerprint density at radius 3 is 1.69 bits per heavy atom. The second kappa shape index (κ2) is 21.4. The van der Waals surface area contributed by atoms with Gasteiger partial charge in [0.15, 0.2) is 0 Å². The normalized spacial score (nSPS) is 12.2. The lowest BCUT2D eigenvalue weighted by molar-refractivity contribution is -0.120. The van der Waals surface area contributed by atoms with Crippen LogP contribution in [0.4, 0.5) is 5.69 Å². The van der Waals surface area contributed by atoms with Crippen LogP contribution in [0.2, 0.25) is 0 Å². The zero-order valence-electron chi connectivity index (χ0n) is 23.7. The molecule has 0 bridgehead atoms. The summed E-state index contributed by atoms with van der Waals surface area (Å²) in [5.41, 5.74) is -0.575. The molecule has 1 N–H and O–H groups in total. The molecule has 14 heteroatoms. The molecule has 0 saturated heterocycles.